The van der Waals surface area contributed by atoms with Gasteiger partial charge in [0.25, 0.3) is 0 Å². The molecule has 2 aromatic rings. The molecule has 0 aliphatic carbocycles. The van der Waals surface area contributed by atoms with E-state index in [4.69, 9.17) is 4.42 Å². The zero-order chi connectivity index (χ0) is 12.1. The summed E-state index contributed by atoms with van der Waals surface area (Å²) in [5, 5.41) is 3.55. The van der Waals surface area contributed by atoms with Gasteiger partial charge in [0.2, 0.25) is 0 Å². The van der Waals surface area contributed by atoms with Crippen LogP contribution in [0, 0.1) is 0 Å². The molecule has 17 heavy (non-hydrogen) atoms. The zero-order valence-electron chi connectivity index (χ0n) is 10.3. The average Bonchev–Trinajstić information content (AvgIpc) is 2.90. The molecule has 0 aliphatic heterocycles. The number of nitrogens with zero attached hydrogens (tertiary/aromatic N) is 1. The molecule has 1 N–H and O–H groups in total. The third-order valence-corrected chi connectivity index (χ3v) is 2.93. The lowest BCUT2D eigenvalue weighted by molar-refractivity contribution is 0.376. The van der Waals surface area contributed by atoms with E-state index < -0.39 is 0 Å². The Balaban J connectivity index is 2.05. The summed E-state index contributed by atoms with van der Waals surface area (Å²) >= 11 is 0. The quantitative estimate of drug-likeness (QED) is 0.854. The lowest BCUT2D eigenvalue weighted by atomic mass is 10.1. The van der Waals surface area contributed by atoms with E-state index in [1.54, 1.807) is 12.5 Å². The Morgan fingerprint density at radius 1 is 1.35 bits per heavy atom. The second kappa shape index (κ2) is 5.64. The minimum atomic E-state index is 0.250. The maximum atomic E-state index is 5.45. The summed E-state index contributed by atoms with van der Waals surface area (Å²) in [6.45, 7) is 4.29. The van der Waals surface area contributed by atoms with E-state index in [0.29, 0.717) is 0 Å². The number of furan rings is 1. The first-order chi connectivity index (χ1) is 8.31. The topological polar surface area (TPSA) is 38.1 Å². The van der Waals surface area contributed by atoms with Gasteiger partial charge in [-0.3, -0.25) is 4.98 Å². The van der Waals surface area contributed by atoms with E-state index in [-0.39, 0.29) is 12.1 Å². The second-order valence-electron chi connectivity index (χ2n) is 4.15. The van der Waals surface area contributed by atoms with Gasteiger partial charge in [0.1, 0.15) is 5.76 Å². The third kappa shape index (κ3) is 2.94. The second-order valence-corrected chi connectivity index (χ2v) is 4.15. The summed E-state index contributed by atoms with van der Waals surface area (Å²) in [5.41, 5.74) is 1.19. The normalized spacial score (nSPS) is 14.5. The maximum absolute atomic E-state index is 5.45. The molecule has 2 aromatic heterocycles. The van der Waals surface area contributed by atoms with Crippen molar-refractivity contribution in [2.75, 3.05) is 0 Å². The molecule has 0 saturated carbocycles. The standard InChI is InChI=1S/C14H18N2O/c1-3-13(14-7-5-9-17-14)16-11(2)12-6-4-8-15-10-12/h4-11,13,16H,3H2,1-2H3. The number of nitrogens with one attached hydrogen (secondary N) is 1. The molecule has 2 atom stereocenters. The van der Waals surface area contributed by atoms with E-state index >= 15 is 0 Å². The molecule has 2 unspecified atom stereocenters. The SMILES string of the molecule is CCC(NC(C)c1cccnc1)c1ccco1. The van der Waals surface area contributed by atoms with Crippen LogP contribution in [0.2, 0.25) is 0 Å². The number of pyridine rings is 1. The highest BCUT2D eigenvalue weighted by molar-refractivity contribution is 5.14. The first kappa shape index (κ1) is 11.9. The Bertz CT molecular complexity index is 425. The van der Waals surface area contributed by atoms with Crippen molar-refractivity contribution in [2.24, 2.45) is 0 Å². The fraction of sp³-hybridized carbons (Fsp3) is 0.357. The Hall–Kier alpha value is -1.61. The molecule has 0 aromatic carbocycles. The zero-order valence-corrected chi connectivity index (χ0v) is 10.3. The molecule has 3 nitrogen and oxygen atoms in total. The van der Waals surface area contributed by atoms with E-state index in [2.05, 4.69) is 30.2 Å². The van der Waals surface area contributed by atoms with Crippen LogP contribution in [-0.2, 0) is 0 Å². The number of aromatic nitrogens is 1. The van der Waals surface area contributed by atoms with Crippen LogP contribution in [0.15, 0.2) is 47.3 Å². The largest absolute Gasteiger partial charge is 0.468 e. The van der Waals surface area contributed by atoms with Crippen molar-refractivity contribution in [3.8, 4) is 0 Å². The van der Waals surface area contributed by atoms with Gasteiger partial charge in [-0.25, -0.2) is 0 Å². The summed E-state index contributed by atoms with van der Waals surface area (Å²) in [5.74, 6) is 0.989. The summed E-state index contributed by atoms with van der Waals surface area (Å²) < 4.78 is 5.45. The van der Waals surface area contributed by atoms with Crippen LogP contribution in [0.1, 0.15) is 43.7 Å². The highest BCUT2D eigenvalue weighted by Gasteiger charge is 2.15. The molecule has 0 radical (unpaired) electrons. The van der Waals surface area contributed by atoms with Gasteiger partial charge in [0, 0.05) is 18.4 Å². The summed E-state index contributed by atoms with van der Waals surface area (Å²) in [7, 11) is 0. The molecule has 0 fully saturated rings. The van der Waals surface area contributed by atoms with E-state index in [0.717, 1.165) is 12.2 Å². The Morgan fingerprint density at radius 3 is 2.82 bits per heavy atom. The summed E-state index contributed by atoms with van der Waals surface area (Å²) in [6, 6.07) is 8.49. The van der Waals surface area contributed by atoms with Crippen molar-refractivity contribution >= 4 is 0 Å². The molecular weight excluding hydrogens is 212 g/mol. The molecule has 90 valence electrons. The summed E-state index contributed by atoms with van der Waals surface area (Å²) in [6.07, 6.45) is 6.40. The summed E-state index contributed by atoms with van der Waals surface area (Å²) in [4.78, 5) is 4.14. The first-order valence-electron chi connectivity index (χ1n) is 6.00. The maximum Gasteiger partial charge on any atom is 0.120 e. The van der Waals surface area contributed by atoms with Gasteiger partial charge < -0.3 is 9.73 Å². The van der Waals surface area contributed by atoms with Crippen molar-refractivity contribution in [1.82, 2.24) is 10.3 Å². The minimum Gasteiger partial charge on any atom is -0.468 e. The molecular formula is C14H18N2O. The van der Waals surface area contributed by atoms with Gasteiger partial charge in [-0.1, -0.05) is 13.0 Å². The monoisotopic (exact) mass is 230 g/mol. The van der Waals surface area contributed by atoms with Gasteiger partial charge in [-0.05, 0) is 37.1 Å². The molecule has 2 rings (SSSR count). The van der Waals surface area contributed by atoms with Crippen molar-refractivity contribution in [2.45, 2.75) is 32.4 Å². The van der Waals surface area contributed by atoms with E-state index in [9.17, 15) is 0 Å². The minimum absolute atomic E-state index is 0.250. The Kier molecular flexibility index (Phi) is 3.94. The van der Waals surface area contributed by atoms with Gasteiger partial charge >= 0.3 is 0 Å². The van der Waals surface area contributed by atoms with Gasteiger partial charge in [0.05, 0.1) is 12.3 Å². The molecule has 0 bridgehead atoms. The van der Waals surface area contributed by atoms with Crippen LogP contribution < -0.4 is 5.32 Å². The van der Waals surface area contributed by atoms with Crippen LogP contribution in [0.3, 0.4) is 0 Å². The number of rotatable bonds is 5. The predicted molar refractivity (Wildman–Crippen MR) is 67.5 cm³/mol. The molecule has 0 amide bonds. The fourth-order valence-corrected chi connectivity index (χ4v) is 1.92. The van der Waals surface area contributed by atoms with E-state index in [1.807, 2.05) is 24.4 Å². The molecule has 2 heterocycles. The lowest BCUT2D eigenvalue weighted by Crippen LogP contribution is -2.23. The molecule has 0 aliphatic rings. The van der Waals surface area contributed by atoms with Crippen LogP contribution >= 0.6 is 0 Å². The van der Waals surface area contributed by atoms with Crippen LogP contribution in [0.4, 0.5) is 0 Å². The van der Waals surface area contributed by atoms with Crippen LogP contribution in [-0.4, -0.2) is 4.98 Å². The number of hydrogen-bond acceptors (Lipinski definition) is 3. The molecule has 0 spiro atoms. The highest BCUT2D eigenvalue weighted by atomic mass is 16.3. The number of hydrogen-bond donors (Lipinski definition) is 1. The van der Waals surface area contributed by atoms with Gasteiger partial charge in [0.15, 0.2) is 0 Å². The highest BCUT2D eigenvalue weighted by Crippen LogP contribution is 2.21. The smallest absolute Gasteiger partial charge is 0.120 e. The Labute approximate surface area is 102 Å². The first-order valence-corrected chi connectivity index (χ1v) is 6.00. The Morgan fingerprint density at radius 2 is 2.24 bits per heavy atom. The van der Waals surface area contributed by atoms with Gasteiger partial charge in [-0.2, -0.15) is 0 Å². The van der Waals surface area contributed by atoms with Crippen LogP contribution in [0.25, 0.3) is 0 Å². The average molecular weight is 230 g/mol. The molecule has 3 heteroatoms. The predicted octanol–water partition coefficient (Wildman–Crippen LogP) is 3.48. The van der Waals surface area contributed by atoms with Crippen molar-refractivity contribution in [3.05, 3.63) is 54.2 Å². The van der Waals surface area contributed by atoms with Crippen LogP contribution in [0.5, 0.6) is 0 Å². The van der Waals surface area contributed by atoms with E-state index in [1.165, 1.54) is 5.56 Å². The van der Waals surface area contributed by atoms with Crippen molar-refractivity contribution in [3.63, 3.8) is 0 Å². The third-order valence-electron chi connectivity index (χ3n) is 2.93. The van der Waals surface area contributed by atoms with Crippen molar-refractivity contribution in [1.29, 1.82) is 0 Å². The molecule has 0 saturated heterocycles. The van der Waals surface area contributed by atoms with Crippen molar-refractivity contribution < 1.29 is 4.42 Å². The van der Waals surface area contributed by atoms with Gasteiger partial charge in [-0.15, -0.1) is 0 Å². The lowest BCUT2D eigenvalue weighted by Gasteiger charge is -2.20. The fourth-order valence-electron chi connectivity index (χ4n) is 1.92.